The Morgan fingerprint density at radius 1 is 1.38 bits per heavy atom. The minimum absolute atomic E-state index is 0.0445. The smallest absolute Gasteiger partial charge is 0.262 e. The molecule has 0 aliphatic carbocycles. The lowest BCUT2D eigenvalue weighted by atomic mass is 10.1. The fourth-order valence-electron chi connectivity index (χ4n) is 2.31. The molecule has 1 aromatic carbocycles. The molecular weight excluding hydrogens is 332 g/mol. The van der Waals surface area contributed by atoms with Crippen molar-refractivity contribution in [3.63, 3.8) is 0 Å². The maximum atomic E-state index is 12.7. The molecule has 24 heavy (non-hydrogen) atoms. The third kappa shape index (κ3) is 4.25. The highest BCUT2D eigenvalue weighted by Gasteiger charge is 2.28. The van der Waals surface area contributed by atoms with Gasteiger partial charge in [0.15, 0.2) is 16.4 Å². The van der Waals surface area contributed by atoms with E-state index in [0.717, 1.165) is 0 Å². The van der Waals surface area contributed by atoms with E-state index in [4.69, 9.17) is 4.74 Å². The number of hydrogen-bond donors (Lipinski definition) is 2. The second-order valence-corrected chi connectivity index (χ2v) is 9.22. The van der Waals surface area contributed by atoms with E-state index in [1.807, 2.05) is 20.8 Å². The summed E-state index contributed by atoms with van der Waals surface area (Å²) in [6, 6.07) is 4.29. The molecule has 1 atom stereocenters. The van der Waals surface area contributed by atoms with Crippen molar-refractivity contribution in [3.8, 4) is 5.75 Å². The number of hydrogen-bond acceptors (Lipinski definition) is 5. The highest BCUT2D eigenvalue weighted by atomic mass is 32.2. The zero-order chi connectivity index (χ0) is 18.1. The summed E-state index contributed by atoms with van der Waals surface area (Å²) < 4.78 is 30.5. The lowest BCUT2D eigenvalue weighted by Crippen LogP contribution is -2.42. The van der Waals surface area contributed by atoms with Crippen LogP contribution in [0.1, 0.15) is 34.1 Å². The fraction of sp³-hybridized carbons (Fsp3) is 0.500. The molecule has 0 radical (unpaired) electrons. The van der Waals surface area contributed by atoms with Crippen LogP contribution in [0.5, 0.6) is 5.75 Å². The number of sulfone groups is 1. The molecule has 1 aliphatic heterocycles. The Morgan fingerprint density at radius 2 is 2.04 bits per heavy atom. The molecule has 0 bridgehead atoms. The molecule has 7 nitrogen and oxygen atoms in total. The summed E-state index contributed by atoms with van der Waals surface area (Å²) >= 11 is 0. The number of benzene rings is 1. The molecular formula is C16H22N2O5S. The number of fused-ring (bicyclic) bond motifs is 1. The minimum Gasteiger partial charge on any atom is -0.482 e. The lowest BCUT2D eigenvalue weighted by Gasteiger charge is -2.22. The minimum atomic E-state index is -3.71. The molecule has 132 valence electrons. The van der Waals surface area contributed by atoms with E-state index in [-0.39, 0.29) is 29.7 Å². The molecule has 8 heteroatoms. The van der Waals surface area contributed by atoms with Crippen LogP contribution in [-0.4, -0.2) is 37.6 Å². The average Bonchev–Trinajstić information content (AvgIpc) is 2.44. The van der Waals surface area contributed by atoms with Gasteiger partial charge in [-0.1, -0.05) is 0 Å². The monoisotopic (exact) mass is 354 g/mol. The van der Waals surface area contributed by atoms with Gasteiger partial charge in [-0.15, -0.1) is 0 Å². The largest absolute Gasteiger partial charge is 0.482 e. The lowest BCUT2D eigenvalue weighted by molar-refractivity contribution is -0.122. The normalized spacial score (nSPS) is 15.8. The third-order valence-electron chi connectivity index (χ3n) is 3.43. The molecule has 0 aromatic heterocycles. The van der Waals surface area contributed by atoms with E-state index in [2.05, 4.69) is 10.6 Å². The predicted molar refractivity (Wildman–Crippen MR) is 89.7 cm³/mol. The van der Waals surface area contributed by atoms with Crippen molar-refractivity contribution < 1.29 is 22.7 Å². The first-order chi connectivity index (χ1) is 11.0. The number of ether oxygens (including phenoxy) is 1. The van der Waals surface area contributed by atoms with Crippen molar-refractivity contribution in [2.24, 2.45) is 0 Å². The molecule has 1 heterocycles. The molecule has 2 rings (SSSR count). The molecule has 1 aliphatic rings. The highest BCUT2D eigenvalue weighted by molar-refractivity contribution is 7.92. The number of carbonyl (C=O) groups is 2. The zero-order valence-electron chi connectivity index (χ0n) is 14.2. The first-order valence-electron chi connectivity index (χ1n) is 7.60. The second-order valence-electron chi connectivity index (χ2n) is 6.85. The van der Waals surface area contributed by atoms with E-state index in [1.54, 1.807) is 0 Å². The number of nitrogens with one attached hydrogen (secondary N) is 2. The van der Waals surface area contributed by atoms with Gasteiger partial charge in [0.1, 0.15) is 5.75 Å². The molecule has 0 saturated carbocycles. The number of anilines is 1. The highest BCUT2D eigenvalue weighted by Crippen LogP contribution is 2.31. The van der Waals surface area contributed by atoms with Crippen LogP contribution in [-0.2, 0) is 19.4 Å². The van der Waals surface area contributed by atoms with Crippen LogP contribution < -0.4 is 15.4 Å². The summed E-state index contributed by atoms with van der Waals surface area (Å²) in [6.07, 6.45) is -0.139. The van der Waals surface area contributed by atoms with Crippen LogP contribution in [0.2, 0.25) is 0 Å². The van der Waals surface area contributed by atoms with E-state index < -0.39 is 20.6 Å². The Morgan fingerprint density at radius 3 is 2.67 bits per heavy atom. The van der Waals surface area contributed by atoms with Gasteiger partial charge in [0.25, 0.3) is 5.91 Å². The SMILES string of the molecule is CC(CC(=O)NC(C)(C)C)S(=O)(=O)c1ccc2c(c1)NC(=O)CO2. The van der Waals surface area contributed by atoms with Crippen LogP contribution in [0.4, 0.5) is 5.69 Å². The van der Waals surface area contributed by atoms with Crippen molar-refractivity contribution >= 4 is 27.3 Å². The Balaban J connectivity index is 2.19. The van der Waals surface area contributed by atoms with E-state index in [0.29, 0.717) is 11.4 Å². The summed E-state index contributed by atoms with van der Waals surface area (Å²) in [6.45, 7) is 6.89. The maximum Gasteiger partial charge on any atom is 0.262 e. The topological polar surface area (TPSA) is 102 Å². The predicted octanol–water partition coefficient (Wildman–Crippen LogP) is 1.48. The molecule has 1 aromatic rings. The average molecular weight is 354 g/mol. The third-order valence-corrected chi connectivity index (χ3v) is 5.57. The Kier molecular flexibility index (Phi) is 4.89. The molecule has 0 spiro atoms. The van der Waals surface area contributed by atoms with Gasteiger partial charge in [-0.25, -0.2) is 8.42 Å². The van der Waals surface area contributed by atoms with Crippen LogP contribution in [0.3, 0.4) is 0 Å². The van der Waals surface area contributed by atoms with E-state index in [1.165, 1.54) is 25.1 Å². The van der Waals surface area contributed by atoms with Gasteiger partial charge in [0.2, 0.25) is 5.91 Å². The van der Waals surface area contributed by atoms with Gasteiger partial charge in [0, 0.05) is 12.0 Å². The van der Waals surface area contributed by atoms with E-state index >= 15 is 0 Å². The van der Waals surface area contributed by atoms with E-state index in [9.17, 15) is 18.0 Å². The number of rotatable bonds is 4. The molecule has 0 saturated heterocycles. The standard InChI is InChI=1S/C16H22N2O5S/c1-10(7-14(19)18-16(2,3)4)24(21,22)11-5-6-13-12(8-11)17-15(20)9-23-13/h5-6,8,10H,7,9H2,1-4H3,(H,17,20)(H,18,19). The van der Waals surface area contributed by atoms with Crippen molar-refractivity contribution in [2.75, 3.05) is 11.9 Å². The summed E-state index contributed by atoms with van der Waals surface area (Å²) in [7, 11) is -3.71. The Bertz CT molecular complexity index is 765. The number of amides is 2. The van der Waals surface area contributed by atoms with Gasteiger partial charge in [0.05, 0.1) is 15.8 Å². The van der Waals surface area contributed by atoms with Gasteiger partial charge >= 0.3 is 0 Å². The van der Waals surface area contributed by atoms with Crippen molar-refractivity contribution in [3.05, 3.63) is 18.2 Å². The molecule has 2 amide bonds. The quantitative estimate of drug-likeness (QED) is 0.853. The van der Waals surface area contributed by atoms with Crippen molar-refractivity contribution in [1.29, 1.82) is 0 Å². The molecule has 0 fully saturated rings. The summed E-state index contributed by atoms with van der Waals surface area (Å²) in [5.74, 6) is -0.241. The van der Waals surface area contributed by atoms with Crippen molar-refractivity contribution in [1.82, 2.24) is 5.32 Å². The molecule has 2 N–H and O–H groups in total. The summed E-state index contributed by atoms with van der Waals surface area (Å²) in [4.78, 5) is 23.4. The fourth-order valence-corrected chi connectivity index (χ4v) is 3.69. The first-order valence-corrected chi connectivity index (χ1v) is 9.15. The Labute approximate surface area is 141 Å². The summed E-state index contributed by atoms with van der Waals surface area (Å²) in [5.41, 5.74) is -0.104. The van der Waals surface area contributed by atoms with Gasteiger partial charge < -0.3 is 15.4 Å². The van der Waals surface area contributed by atoms with Gasteiger partial charge in [-0.05, 0) is 45.9 Å². The van der Waals surface area contributed by atoms with Gasteiger partial charge in [-0.3, -0.25) is 9.59 Å². The Hall–Kier alpha value is -2.09. The van der Waals surface area contributed by atoms with Crippen LogP contribution >= 0.6 is 0 Å². The first kappa shape index (κ1) is 18.3. The van der Waals surface area contributed by atoms with Crippen molar-refractivity contribution in [2.45, 2.75) is 49.8 Å². The molecule has 1 unspecified atom stereocenters. The summed E-state index contributed by atoms with van der Waals surface area (Å²) in [5, 5.41) is 4.43. The van der Waals surface area contributed by atoms with Crippen LogP contribution in [0.25, 0.3) is 0 Å². The number of carbonyl (C=O) groups excluding carboxylic acids is 2. The van der Waals surface area contributed by atoms with Crippen LogP contribution in [0.15, 0.2) is 23.1 Å². The maximum absolute atomic E-state index is 12.7. The van der Waals surface area contributed by atoms with Crippen LogP contribution in [0, 0.1) is 0 Å². The second kappa shape index (κ2) is 6.43. The van der Waals surface area contributed by atoms with Gasteiger partial charge in [-0.2, -0.15) is 0 Å². The zero-order valence-corrected chi connectivity index (χ0v) is 15.0.